The van der Waals surface area contributed by atoms with Crippen molar-refractivity contribution in [3.05, 3.63) is 59.6 Å². The Kier molecular flexibility index (Phi) is 10.5. The molecule has 0 aliphatic carbocycles. The summed E-state index contributed by atoms with van der Waals surface area (Å²) in [4.78, 5) is 18.9. The minimum absolute atomic E-state index is 0.174. The molecular formula is C26H36ClN3O3. The van der Waals surface area contributed by atoms with E-state index in [1.807, 2.05) is 49.5 Å². The topological polar surface area (TPSA) is 56.3 Å². The van der Waals surface area contributed by atoms with E-state index in [0.29, 0.717) is 18.0 Å². The third-order valence-corrected chi connectivity index (χ3v) is 6.32. The molecule has 1 heterocycles. The monoisotopic (exact) mass is 473 g/mol. The smallest absolute Gasteiger partial charge is 0.226 e. The Morgan fingerprint density at radius 3 is 2.36 bits per heavy atom. The van der Waals surface area contributed by atoms with Gasteiger partial charge in [0.25, 0.3) is 0 Å². The zero-order valence-corrected chi connectivity index (χ0v) is 20.3. The van der Waals surface area contributed by atoms with Gasteiger partial charge in [0.15, 0.2) is 0 Å². The van der Waals surface area contributed by atoms with Gasteiger partial charge < -0.3 is 19.6 Å². The minimum Gasteiger partial charge on any atom is -0.491 e. The number of amides is 1. The van der Waals surface area contributed by atoms with E-state index in [9.17, 15) is 9.90 Å². The van der Waals surface area contributed by atoms with Gasteiger partial charge in [0, 0.05) is 56.9 Å². The number of hydrogen-bond donors (Lipinski definition) is 1. The third kappa shape index (κ3) is 8.97. The first kappa shape index (κ1) is 25.5. The van der Waals surface area contributed by atoms with Crippen molar-refractivity contribution in [3.63, 3.8) is 0 Å². The molecule has 0 saturated carbocycles. The molecule has 0 aromatic heterocycles. The first-order valence-corrected chi connectivity index (χ1v) is 12.2. The standard InChI is InChI=1S/C26H36ClN3O3/c1-28(23-8-4-2-5-9-23)26(32)10-6-3-7-15-29-16-18-30(19-17-29)20-24(31)21-33-25-13-11-22(27)12-14-25/h2,4-5,8-9,11-14,24,31H,3,6-7,10,15-21H2,1H3. The van der Waals surface area contributed by atoms with Crippen molar-refractivity contribution < 1.29 is 14.6 Å². The third-order valence-electron chi connectivity index (χ3n) is 6.07. The van der Waals surface area contributed by atoms with E-state index in [2.05, 4.69) is 9.80 Å². The molecule has 3 rings (SSSR count). The molecule has 1 aliphatic heterocycles. The SMILES string of the molecule is CN(C(=O)CCCCCN1CCN(CC(O)COc2ccc(Cl)cc2)CC1)c1ccccc1. The second-order valence-electron chi connectivity index (χ2n) is 8.66. The Balaban J connectivity index is 1.22. The van der Waals surface area contributed by atoms with Crippen molar-refractivity contribution in [1.29, 1.82) is 0 Å². The molecule has 1 atom stereocenters. The van der Waals surface area contributed by atoms with E-state index in [-0.39, 0.29) is 12.5 Å². The molecule has 1 fully saturated rings. The number of aliphatic hydroxyl groups excluding tert-OH is 1. The molecule has 1 aliphatic rings. The van der Waals surface area contributed by atoms with Gasteiger partial charge in [-0.25, -0.2) is 0 Å². The molecule has 7 heteroatoms. The molecular weight excluding hydrogens is 438 g/mol. The summed E-state index contributed by atoms with van der Waals surface area (Å²) in [5.41, 5.74) is 0.946. The van der Waals surface area contributed by atoms with Crippen LogP contribution in [0.25, 0.3) is 0 Å². The molecule has 33 heavy (non-hydrogen) atoms. The largest absolute Gasteiger partial charge is 0.491 e. The number of piperazine rings is 1. The number of β-amino-alcohol motifs (C(OH)–C–C–N with tert-alkyl or cyclic N) is 1. The van der Waals surface area contributed by atoms with E-state index in [1.54, 1.807) is 17.0 Å². The van der Waals surface area contributed by atoms with Gasteiger partial charge in [0.2, 0.25) is 5.91 Å². The number of unbranched alkanes of at least 4 members (excludes halogenated alkanes) is 2. The number of carbonyl (C=O) groups is 1. The van der Waals surface area contributed by atoms with Crippen molar-refractivity contribution in [2.24, 2.45) is 0 Å². The Morgan fingerprint density at radius 2 is 1.67 bits per heavy atom. The number of benzene rings is 2. The molecule has 180 valence electrons. The highest BCUT2D eigenvalue weighted by Gasteiger charge is 2.19. The summed E-state index contributed by atoms with van der Waals surface area (Å²) in [6, 6.07) is 17.0. The van der Waals surface area contributed by atoms with Gasteiger partial charge in [-0.1, -0.05) is 36.2 Å². The van der Waals surface area contributed by atoms with Crippen LogP contribution in [0.2, 0.25) is 5.02 Å². The van der Waals surface area contributed by atoms with Gasteiger partial charge in [-0.2, -0.15) is 0 Å². The number of aliphatic hydroxyl groups is 1. The fourth-order valence-corrected chi connectivity index (χ4v) is 4.15. The molecule has 0 bridgehead atoms. The average molecular weight is 474 g/mol. The van der Waals surface area contributed by atoms with Crippen LogP contribution in [0, 0.1) is 0 Å². The van der Waals surface area contributed by atoms with Gasteiger partial charge in [-0.3, -0.25) is 9.69 Å². The molecule has 6 nitrogen and oxygen atoms in total. The maximum absolute atomic E-state index is 12.3. The summed E-state index contributed by atoms with van der Waals surface area (Å²) in [5.74, 6) is 0.894. The van der Waals surface area contributed by atoms with Crippen LogP contribution in [0.1, 0.15) is 25.7 Å². The number of rotatable bonds is 12. The van der Waals surface area contributed by atoms with Crippen LogP contribution >= 0.6 is 11.6 Å². The lowest BCUT2D eigenvalue weighted by Gasteiger charge is -2.35. The van der Waals surface area contributed by atoms with Crippen LogP contribution in [-0.2, 0) is 4.79 Å². The highest BCUT2D eigenvalue weighted by atomic mass is 35.5. The zero-order chi connectivity index (χ0) is 23.5. The summed E-state index contributed by atoms with van der Waals surface area (Å²) in [6.45, 7) is 5.91. The number of nitrogens with zero attached hydrogens (tertiary/aromatic N) is 3. The summed E-state index contributed by atoms with van der Waals surface area (Å²) >= 11 is 5.88. The van der Waals surface area contributed by atoms with Crippen LogP contribution < -0.4 is 9.64 Å². The Morgan fingerprint density at radius 1 is 1.00 bits per heavy atom. The summed E-state index contributed by atoms with van der Waals surface area (Å²) in [5, 5.41) is 11.0. The maximum Gasteiger partial charge on any atom is 0.226 e. The van der Waals surface area contributed by atoms with Gasteiger partial charge in [-0.15, -0.1) is 0 Å². The van der Waals surface area contributed by atoms with E-state index < -0.39 is 6.10 Å². The Bertz CT molecular complexity index is 826. The molecule has 0 spiro atoms. The number of halogens is 1. The van der Waals surface area contributed by atoms with Gasteiger partial charge >= 0.3 is 0 Å². The molecule has 1 unspecified atom stereocenters. The maximum atomic E-state index is 12.3. The van der Waals surface area contributed by atoms with Gasteiger partial charge in [-0.05, 0) is 55.8 Å². The highest BCUT2D eigenvalue weighted by Crippen LogP contribution is 2.16. The van der Waals surface area contributed by atoms with Crippen LogP contribution in [-0.4, -0.2) is 79.8 Å². The number of carbonyl (C=O) groups excluding carboxylic acids is 1. The number of anilines is 1. The Hall–Kier alpha value is -2.12. The minimum atomic E-state index is -0.515. The fraction of sp³-hybridized carbons (Fsp3) is 0.500. The van der Waals surface area contributed by atoms with Crippen molar-refractivity contribution in [3.8, 4) is 5.75 Å². The predicted octanol–water partition coefficient (Wildman–Crippen LogP) is 3.92. The molecule has 2 aromatic carbocycles. The number of para-hydroxylation sites is 1. The van der Waals surface area contributed by atoms with Crippen molar-refractivity contribution >= 4 is 23.2 Å². The second-order valence-corrected chi connectivity index (χ2v) is 9.10. The number of ether oxygens (including phenoxy) is 1. The first-order valence-electron chi connectivity index (χ1n) is 11.8. The molecule has 0 radical (unpaired) electrons. The van der Waals surface area contributed by atoms with Crippen LogP contribution in [0.15, 0.2) is 54.6 Å². The lowest BCUT2D eigenvalue weighted by atomic mass is 10.1. The summed E-state index contributed by atoms with van der Waals surface area (Å²) in [7, 11) is 1.85. The predicted molar refractivity (Wildman–Crippen MR) is 134 cm³/mol. The molecule has 1 saturated heterocycles. The van der Waals surface area contributed by atoms with E-state index in [0.717, 1.165) is 63.4 Å². The second kappa shape index (κ2) is 13.6. The first-order chi connectivity index (χ1) is 16.0. The van der Waals surface area contributed by atoms with Crippen LogP contribution in [0.3, 0.4) is 0 Å². The van der Waals surface area contributed by atoms with Gasteiger partial charge in [0.1, 0.15) is 18.5 Å². The van der Waals surface area contributed by atoms with E-state index >= 15 is 0 Å². The fourth-order valence-electron chi connectivity index (χ4n) is 4.02. The quantitative estimate of drug-likeness (QED) is 0.473. The van der Waals surface area contributed by atoms with Crippen molar-refractivity contribution in [2.45, 2.75) is 31.8 Å². The van der Waals surface area contributed by atoms with E-state index in [1.165, 1.54) is 0 Å². The molecule has 1 amide bonds. The van der Waals surface area contributed by atoms with Crippen molar-refractivity contribution in [1.82, 2.24) is 9.80 Å². The molecule has 1 N–H and O–H groups in total. The lowest BCUT2D eigenvalue weighted by molar-refractivity contribution is -0.118. The Labute approximate surface area is 202 Å². The zero-order valence-electron chi connectivity index (χ0n) is 19.5. The lowest BCUT2D eigenvalue weighted by Crippen LogP contribution is -2.49. The van der Waals surface area contributed by atoms with Gasteiger partial charge in [0.05, 0.1) is 0 Å². The van der Waals surface area contributed by atoms with Crippen LogP contribution in [0.5, 0.6) is 5.75 Å². The number of hydrogen-bond acceptors (Lipinski definition) is 5. The normalized spacial score (nSPS) is 15.8. The summed E-state index contributed by atoms with van der Waals surface area (Å²) in [6.07, 6.45) is 3.18. The highest BCUT2D eigenvalue weighted by molar-refractivity contribution is 6.30. The summed E-state index contributed by atoms with van der Waals surface area (Å²) < 4.78 is 5.65. The van der Waals surface area contributed by atoms with E-state index in [4.69, 9.17) is 16.3 Å². The average Bonchev–Trinajstić information content (AvgIpc) is 2.84. The van der Waals surface area contributed by atoms with Crippen LogP contribution in [0.4, 0.5) is 5.69 Å². The molecule has 2 aromatic rings. The van der Waals surface area contributed by atoms with Crippen molar-refractivity contribution in [2.75, 3.05) is 57.8 Å².